The highest BCUT2D eigenvalue weighted by atomic mass is 16.5. The summed E-state index contributed by atoms with van der Waals surface area (Å²) in [5, 5.41) is 21.8. The van der Waals surface area contributed by atoms with Crippen molar-refractivity contribution in [2.75, 3.05) is 20.2 Å². The van der Waals surface area contributed by atoms with Crippen LogP contribution in [-0.2, 0) is 9.53 Å². The number of carbonyl (C=O) groups excluding carboxylic acids is 1. The van der Waals surface area contributed by atoms with Crippen LogP contribution in [0.3, 0.4) is 0 Å². The SMILES string of the molecule is COC(C)CNC(=O)NC[C@H](O)C(=O)O. The standard InChI is InChI=1S/C8H16N2O5/c1-5(15-2)3-9-8(14)10-4-6(11)7(12)13/h5-6,11H,3-4H2,1-2H3,(H,12,13)(H2,9,10,14)/t5?,6-/m0/s1. The van der Waals surface area contributed by atoms with Crippen LogP contribution < -0.4 is 10.6 Å². The summed E-state index contributed by atoms with van der Waals surface area (Å²) in [5.41, 5.74) is 0. The van der Waals surface area contributed by atoms with E-state index < -0.39 is 18.1 Å². The molecule has 1 unspecified atom stereocenters. The van der Waals surface area contributed by atoms with Crippen molar-refractivity contribution in [3.63, 3.8) is 0 Å². The number of hydrogen-bond acceptors (Lipinski definition) is 4. The molecule has 2 atom stereocenters. The fraction of sp³-hybridized carbons (Fsp3) is 0.750. The molecular formula is C8H16N2O5. The molecule has 0 aromatic rings. The van der Waals surface area contributed by atoms with Crippen LogP contribution in [0.2, 0.25) is 0 Å². The topological polar surface area (TPSA) is 108 Å². The van der Waals surface area contributed by atoms with Gasteiger partial charge in [-0.3, -0.25) is 0 Å². The summed E-state index contributed by atoms with van der Waals surface area (Å²) in [6.07, 6.45) is -1.71. The molecule has 0 bridgehead atoms. The summed E-state index contributed by atoms with van der Waals surface area (Å²) in [4.78, 5) is 21.2. The molecule has 0 saturated heterocycles. The molecule has 4 N–H and O–H groups in total. The molecule has 88 valence electrons. The van der Waals surface area contributed by atoms with E-state index in [1.807, 2.05) is 0 Å². The minimum atomic E-state index is -1.59. The predicted octanol–water partition coefficient (Wildman–Crippen LogP) is -1.23. The molecule has 0 aliphatic heterocycles. The van der Waals surface area contributed by atoms with Crippen LogP contribution in [-0.4, -0.2) is 54.6 Å². The van der Waals surface area contributed by atoms with Crippen LogP contribution in [0, 0.1) is 0 Å². The predicted molar refractivity (Wildman–Crippen MR) is 51.5 cm³/mol. The van der Waals surface area contributed by atoms with Crippen LogP contribution in [0.5, 0.6) is 0 Å². The third-order valence-corrected chi connectivity index (χ3v) is 1.69. The molecule has 7 heteroatoms. The van der Waals surface area contributed by atoms with Gasteiger partial charge in [-0.05, 0) is 6.92 Å². The second kappa shape index (κ2) is 7.02. The highest BCUT2D eigenvalue weighted by Gasteiger charge is 2.13. The zero-order valence-electron chi connectivity index (χ0n) is 8.69. The van der Waals surface area contributed by atoms with Gasteiger partial charge in [-0.2, -0.15) is 0 Å². The number of ether oxygens (including phenoxy) is 1. The van der Waals surface area contributed by atoms with Crippen LogP contribution in [0.4, 0.5) is 4.79 Å². The number of aliphatic hydroxyl groups is 1. The van der Waals surface area contributed by atoms with E-state index in [9.17, 15) is 9.59 Å². The fourth-order valence-electron chi connectivity index (χ4n) is 0.659. The Morgan fingerprint density at radius 2 is 1.87 bits per heavy atom. The summed E-state index contributed by atoms with van der Waals surface area (Å²) in [7, 11) is 1.51. The Morgan fingerprint density at radius 3 is 2.33 bits per heavy atom. The quantitative estimate of drug-likeness (QED) is 0.448. The van der Waals surface area contributed by atoms with Gasteiger partial charge >= 0.3 is 12.0 Å². The summed E-state index contributed by atoms with van der Waals surface area (Å²) >= 11 is 0. The summed E-state index contributed by atoms with van der Waals surface area (Å²) < 4.78 is 4.88. The number of carbonyl (C=O) groups is 2. The van der Waals surface area contributed by atoms with Gasteiger partial charge in [0.2, 0.25) is 0 Å². The van der Waals surface area contributed by atoms with E-state index in [4.69, 9.17) is 14.9 Å². The number of methoxy groups -OCH3 is 1. The number of carboxylic acid groups (broad SMARTS) is 1. The second-order valence-electron chi connectivity index (χ2n) is 2.99. The van der Waals surface area contributed by atoms with Gasteiger partial charge in [0.25, 0.3) is 0 Å². The zero-order valence-corrected chi connectivity index (χ0v) is 8.69. The lowest BCUT2D eigenvalue weighted by Gasteiger charge is -2.12. The van der Waals surface area contributed by atoms with Gasteiger partial charge in [0.1, 0.15) is 0 Å². The Bertz CT molecular complexity index is 221. The number of rotatable bonds is 6. The first-order chi connectivity index (χ1) is 6.97. The average molecular weight is 220 g/mol. The van der Waals surface area contributed by atoms with Crippen molar-refractivity contribution in [1.29, 1.82) is 0 Å². The van der Waals surface area contributed by atoms with Gasteiger partial charge in [-0.25, -0.2) is 9.59 Å². The van der Waals surface area contributed by atoms with Crippen molar-refractivity contribution in [2.45, 2.75) is 19.1 Å². The molecule has 0 aliphatic rings. The third-order valence-electron chi connectivity index (χ3n) is 1.69. The van der Waals surface area contributed by atoms with E-state index >= 15 is 0 Å². The molecule has 0 saturated carbocycles. The van der Waals surface area contributed by atoms with Gasteiger partial charge in [0.15, 0.2) is 6.10 Å². The van der Waals surface area contributed by atoms with E-state index in [0.29, 0.717) is 6.54 Å². The maximum absolute atomic E-state index is 11.0. The number of urea groups is 1. The smallest absolute Gasteiger partial charge is 0.334 e. The molecule has 0 aromatic carbocycles. The number of amides is 2. The highest BCUT2D eigenvalue weighted by Crippen LogP contribution is 1.84. The van der Waals surface area contributed by atoms with Gasteiger partial charge in [-0.1, -0.05) is 0 Å². The number of hydrogen-bond donors (Lipinski definition) is 4. The van der Waals surface area contributed by atoms with Gasteiger partial charge < -0.3 is 25.6 Å². The highest BCUT2D eigenvalue weighted by molar-refractivity contribution is 5.76. The minimum Gasteiger partial charge on any atom is -0.479 e. The molecule has 2 amide bonds. The van der Waals surface area contributed by atoms with E-state index in [1.54, 1.807) is 6.92 Å². The van der Waals surface area contributed by atoms with E-state index in [1.165, 1.54) is 7.11 Å². The van der Waals surface area contributed by atoms with Crippen molar-refractivity contribution >= 4 is 12.0 Å². The molecule has 0 fully saturated rings. The first-order valence-electron chi connectivity index (χ1n) is 4.42. The van der Waals surface area contributed by atoms with Crippen molar-refractivity contribution < 1.29 is 24.5 Å². The first kappa shape index (κ1) is 13.7. The second-order valence-corrected chi connectivity index (χ2v) is 2.99. The lowest BCUT2D eigenvalue weighted by molar-refractivity contribution is -0.146. The molecule has 0 radical (unpaired) electrons. The molecule has 0 aliphatic carbocycles. The number of nitrogens with one attached hydrogen (secondary N) is 2. The summed E-state index contributed by atoms with van der Waals surface area (Å²) in [6, 6.07) is -0.542. The van der Waals surface area contributed by atoms with Crippen LogP contribution >= 0.6 is 0 Å². The lowest BCUT2D eigenvalue weighted by Crippen LogP contribution is -2.44. The molecule has 7 nitrogen and oxygen atoms in total. The molecule has 0 heterocycles. The molecular weight excluding hydrogens is 204 g/mol. The van der Waals surface area contributed by atoms with Crippen molar-refractivity contribution in [2.24, 2.45) is 0 Å². The Hall–Kier alpha value is -1.34. The Labute approximate surface area is 87.4 Å². The molecule has 0 spiro atoms. The molecule has 0 rings (SSSR count). The van der Waals surface area contributed by atoms with E-state index in [-0.39, 0.29) is 12.6 Å². The monoisotopic (exact) mass is 220 g/mol. The van der Waals surface area contributed by atoms with Crippen LogP contribution in [0.1, 0.15) is 6.92 Å². The average Bonchev–Trinajstić information content (AvgIpc) is 2.21. The lowest BCUT2D eigenvalue weighted by atomic mass is 10.3. The van der Waals surface area contributed by atoms with Gasteiger partial charge in [0.05, 0.1) is 12.6 Å². The first-order valence-corrected chi connectivity index (χ1v) is 4.42. The van der Waals surface area contributed by atoms with Crippen molar-refractivity contribution in [1.82, 2.24) is 10.6 Å². The largest absolute Gasteiger partial charge is 0.479 e. The Morgan fingerprint density at radius 1 is 1.33 bits per heavy atom. The van der Waals surface area contributed by atoms with Crippen molar-refractivity contribution in [3.8, 4) is 0 Å². The third kappa shape index (κ3) is 6.69. The van der Waals surface area contributed by atoms with Crippen molar-refractivity contribution in [3.05, 3.63) is 0 Å². The number of aliphatic hydroxyl groups excluding tert-OH is 1. The number of carboxylic acids is 1. The van der Waals surface area contributed by atoms with Gasteiger partial charge in [0, 0.05) is 13.7 Å². The minimum absolute atomic E-state index is 0.125. The van der Waals surface area contributed by atoms with Gasteiger partial charge in [-0.15, -0.1) is 0 Å². The fourth-order valence-corrected chi connectivity index (χ4v) is 0.659. The Balaban J connectivity index is 3.62. The zero-order chi connectivity index (χ0) is 11.8. The van der Waals surface area contributed by atoms with E-state index in [0.717, 1.165) is 0 Å². The summed E-state index contributed by atoms with van der Waals surface area (Å²) in [6.45, 7) is 1.75. The normalized spacial score (nSPS) is 14.1. The summed E-state index contributed by atoms with van der Waals surface area (Å²) in [5.74, 6) is -1.37. The van der Waals surface area contributed by atoms with Crippen LogP contribution in [0.15, 0.2) is 0 Å². The molecule has 0 aromatic heterocycles. The Kier molecular flexibility index (Phi) is 6.39. The maximum atomic E-state index is 11.0. The van der Waals surface area contributed by atoms with Crippen LogP contribution in [0.25, 0.3) is 0 Å². The molecule has 15 heavy (non-hydrogen) atoms. The van der Waals surface area contributed by atoms with E-state index in [2.05, 4.69) is 10.6 Å². The maximum Gasteiger partial charge on any atom is 0.334 e. The number of aliphatic carboxylic acids is 1.